The van der Waals surface area contributed by atoms with Crippen LogP contribution in [0.1, 0.15) is 29.9 Å². The summed E-state index contributed by atoms with van der Waals surface area (Å²) in [6.45, 7) is 0.158. The maximum absolute atomic E-state index is 9.10. The maximum atomic E-state index is 9.10. The first-order valence-corrected chi connectivity index (χ1v) is 5.00. The Hall–Kier alpha value is -0.340. The van der Waals surface area contributed by atoms with Gasteiger partial charge in [0.05, 0.1) is 6.61 Å². The fourth-order valence-electron chi connectivity index (χ4n) is 1.55. The van der Waals surface area contributed by atoms with Gasteiger partial charge >= 0.3 is 0 Å². The average Bonchev–Trinajstić information content (AvgIpc) is 2.87. The molecule has 0 saturated heterocycles. The molecule has 12 heavy (non-hydrogen) atoms. The Morgan fingerprint density at radius 1 is 1.42 bits per heavy atom. The van der Waals surface area contributed by atoms with E-state index >= 15 is 0 Å². The van der Waals surface area contributed by atoms with Gasteiger partial charge in [0.15, 0.2) is 0 Å². The summed E-state index contributed by atoms with van der Waals surface area (Å²) in [4.78, 5) is 0. The Morgan fingerprint density at radius 3 is 2.75 bits per heavy atom. The van der Waals surface area contributed by atoms with Crippen LogP contribution in [0.5, 0.6) is 0 Å². The molecule has 2 heteroatoms. The van der Waals surface area contributed by atoms with E-state index in [0.29, 0.717) is 5.92 Å². The minimum absolute atomic E-state index is 0.158. The molecular formula is C10H11BrO. The number of hydrogen-bond donors (Lipinski definition) is 1. The summed E-state index contributed by atoms with van der Waals surface area (Å²) >= 11 is 3.52. The second-order valence-electron chi connectivity index (χ2n) is 3.25. The highest BCUT2D eigenvalue weighted by Gasteiger charge is 2.27. The summed E-state index contributed by atoms with van der Waals surface area (Å²) in [6, 6.07) is 6.02. The number of rotatable bonds is 2. The molecule has 0 bridgehead atoms. The molecule has 1 aliphatic carbocycles. The molecule has 0 unspecified atom stereocenters. The monoisotopic (exact) mass is 226 g/mol. The lowest BCUT2D eigenvalue weighted by Gasteiger charge is -2.07. The van der Waals surface area contributed by atoms with Crippen molar-refractivity contribution in [2.24, 2.45) is 0 Å². The van der Waals surface area contributed by atoms with E-state index < -0.39 is 0 Å². The smallest absolute Gasteiger partial charge is 0.0685 e. The van der Waals surface area contributed by atoms with Crippen molar-refractivity contribution in [2.45, 2.75) is 25.4 Å². The molecular weight excluding hydrogens is 216 g/mol. The van der Waals surface area contributed by atoms with Crippen molar-refractivity contribution in [1.29, 1.82) is 0 Å². The van der Waals surface area contributed by atoms with Crippen molar-refractivity contribution in [3.8, 4) is 0 Å². The third-order valence-electron chi connectivity index (χ3n) is 2.30. The molecule has 2 rings (SSSR count). The molecule has 1 nitrogen and oxygen atoms in total. The molecule has 0 spiro atoms. The zero-order valence-corrected chi connectivity index (χ0v) is 8.34. The van der Waals surface area contributed by atoms with Crippen LogP contribution in [0.2, 0.25) is 0 Å². The highest BCUT2D eigenvalue weighted by atomic mass is 79.9. The van der Waals surface area contributed by atoms with Gasteiger partial charge < -0.3 is 5.11 Å². The molecule has 0 aliphatic heterocycles. The Morgan fingerprint density at radius 2 is 2.17 bits per heavy atom. The van der Waals surface area contributed by atoms with Gasteiger partial charge in [-0.05, 0) is 36.0 Å². The van der Waals surface area contributed by atoms with Gasteiger partial charge in [0.25, 0.3) is 0 Å². The lowest BCUT2D eigenvalue weighted by atomic mass is 10.0. The van der Waals surface area contributed by atoms with Gasteiger partial charge in [-0.1, -0.05) is 28.1 Å². The second kappa shape index (κ2) is 3.19. The van der Waals surface area contributed by atoms with Crippen molar-refractivity contribution in [3.63, 3.8) is 0 Å². The Bertz CT molecular complexity index is 292. The molecule has 64 valence electrons. The van der Waals surface area contributed by atoms with Crippen LogP contribution in [0.25, 0.3) is 0 Å². The predicted molar refractivity (Wildman–Crippen MR) is 52.0 cm³/mol. The first-order chi connectivity index (χ1) is 5.83. The molecule has 0 heterocycles. The normalized spacial score (nSPS) is 16.5. The molecule has 0 amide bonds. The topological polar surface area (TPSA) is 20.2 Å². The van der Waals surface area contributed by atoms with Gasteiger partial charge in [0, 0.05) is 4.47 Å². The minimum Gasteiger partial charge on any atom is -0.392 e. The van der Waals surface area contributed by atoms with E-state index in [4.69, 9.17) is 5.11 Å². The molecule has 1 saturated carbocycles. The lowest BCUT2D eigenvalue weighted by molar-refractivity contribution is 0.280. The zero-order chi connectivity index (χ0) is 8.55. The van der Waals surface area contributed by atoms with Crippen molar-refractivity contribution in [1.82, 2.24) is 0 Å². The van der Waals surface area contributed by atoms with E-state index in [2.05, 4.69) is 15.9 Å². The van der Waals surface area contributed by atoms with Crippen molar-refractivity contribution < 1.29 is 5.11 Å². The molecule has 0 aromatic heterocycles. The number of hydrogen-bond acceptors (Lipinski definition) is 1. The van der Waals surface area contributed by atoms with Crippen molar-refractivity contribution >= 4 is 15.9 Å². The highest BCUT2D eigenvalue weighted by Crippen LogP contribution is 2.44. The summed E-state index contributed by atoms with van der Waals surface area (Å²) in [6.07, 6.45) is 2.55. The van der Waals surface area contributed by atoms with Crippen molar-refractivity contribution in [3.05, 3.63) is 33.8 Å². The lowest BCUT2D eigenvalue weighted by Crippen LogP contribution is -1.92. The zero-order valence-electron chi connectivity index (χ0n) is 6.76. The summed E-state index contributed by atoms with van der Waals surface area (Å²) in [5.41, 5.74) is 2.40. The minimum atomic E-state index is 0.158. The second-order valence-corrected chi connectivity index (χ2v) is 4.10. The molecule has 1 aliphatic rings. The fourth-order valence-corrected chi connectivity index (χ4v) is 2.28. The van der Waals surface area contributed by atoms with Crippen LogP contribution in [0, 0.1) is 0 Å². The third kappa shape index (κ3) is 1.41. The van der Waals surface area contributed by atoms with Crippen LogP contribution < -0.4 is 0 Å². The van der Waals surface area contributed by atoms with Gasteiger partial charge in [0.1, 0.15) is 0 Å². The van der Waals surface area contributed by atoms with E-state index in [9.17, 15) is 0 Å². The van der Waals surface area contributed by atoms with Crippen molar-refractivity contribution in [2.75, 3.05) is 0 Å². The van der Waals surface area contributed by atoms with Crippen LogP contribution in [0.3, 0.4) is 0 Å². The highest BCUT2D eigenvalue weighted by molar-refractivity contribution is 9.10. The molecule has 1 aromatic carbocycles. The van der Waals surface area contributed by atoms with Crippen LogP contribution >= 0.6 is 15.9 Å². The molecule has 0 atom stereocenters. The number of aliphatic hydroxyl groups is 1. The maximum Gasteiger partial charge on any atom is 0.0685 e. The van der Waals surface area contributed by atoms with Gasteiger partial charge in [0.2, 0.25) is 0 Å². The molecule has 1 N–H and O–H groups in total. The standard InChI is InChI=1S/C10H11BrO/c11-9-3-1-2-8(6-12)10(9)7-4-5-7/h1-3,7,12H,4-6H2. The third-order valence-corrected chi connectivity index (χ3v) is 2.99. The molecule has 1 aromatic rings. The van der Waals surface area contributed by atoms with E-state index in [-0.39, 0.29) is 6.61 Å². The molecule has 0 radical (unpaired) electrons. The largest absolute Gasteiger partial charge is 0.392 e. The number of aliphatic hydroxyl groups excluding tert-OH is 1. The van der Waals surface area contributed by atoms with Crippen LogP contribution in [0.15, 0.2) is 22.7 Å². The quantitative estimate of drug-likeness (QED) is 0.823. The summed E-state index contributed by atoms with van der Waals surface area (Å²) < 4.78 is 1.15. The summed E-state index contributed by atoms with van der Waals surface area (Å²) in [7, 11) is 0. The average molecular weight is 227 g/mol. The number of halogens is 1. The SMILES string of the molecule is OCc1cccc(Br)c1C1CC1. The van der Waals surface area contributed by atoms with Gasteiger partial charge in [-0.3, -0.25) is 0 Å². The van der Waals surface area contributed by atoms with E-state index in [0.717, 1.165) is 10.0 Å². The van der Waals surface area contributed by atoms with Gasteiger partial charge in [-0.2, -0.15) is 0 Å². The van der Waals surface area contributed by atoms with E-state index in [1.807, 2.05) is 18.2 Å². The van der Waals surface area contributed by atoms with E-state index in [1.165, 1.54) is 18.4 Å². The molecule has 1 fully saturated rings. The first kappa shape index (κ1) is 8.27. The first-order valence-electron chi connectivity index (χ1n) is 4.21. The fraction of sp³-hybridized carbons (Fsp3) is 0.400. The Labute approximate surface area is 80.5 Å². The Kier molecular flexibility index (Phi) is 2.20. The van der Waals surface area contributed by atoms with Crippen LogP contribution in [0.4, 0.5) is 0 Å². The Balaban J connectivity index is 2.45. The van der Waals surface area contributed by atoms with Crippen LogP contribution in [-0.2, 0) is 6.61 Å². The summed E-state index contributed by atoms with van der Waals surface area (Å²) in [5.74, 6) is 0.697. The summed E-state index contributed by atoms with van der Waals surface area (Å²) in [5, 5.41) is 9.10. The van der Waals surface area contributed by atoms with E-state index in [1.54, 1.807) is 0 Å². The van der Waals surface area contributed by atoms with Gasteiger partial charge in [-0.15, -0.1) is 0 Å². The van der Waals surface area contributed by atoms with Gasteiger partial charge in [-0.25, -0.2) is 0 Å². The number of benzene rings is 1. The van der Waals surface area contributed by atoms with Crippen LogP contribution in [-0.4, -0.2) is 5.11 Å². The predicted octanol–water partition coefficient (Wildman–Crippen LogP) is 2.82.